The maximum Gasteiger partial charge on any atom is 0.305 e. The molecule has 0 rings (SSSR count). The van der Waals surface area contributed by atoms with Gasteiger partial charge >= 0.3 is 5.97 Å². The molecular weight excluding hydrogens is 332 g/mol. The Morgan fingerprint density at radius 1 is 0.880 bits per heavy atom. The van der Waals surface area contributed by atoms with Crippen LogP contribution in [0.5, 0.6) is 0 Å². The third-order valence-electron chi connectivity index (χ3n) is 4.71. The predicted octanol–water partition coefficient (Wildman–Crippen LogP) is 6.12. The van der Waals surface area contributed by atoms with Crippen molar-refractivity contribution in [2.75, 3.05) is 19.5 Å². The van der Waals surface area contributed by atoms with E-state index in [0.29, 0.717) is 13.0 Å². The van der Waals surface area contributed by atoms with Crippen LogP contribution in [0.2, 0.25) is 0 Å². The SMILES string of the molecule is CCCCCCCCCC(CCCCCCCC(=O)OC)SCCO. The summed E-state index contributed by atoms with van der Waals surface area (Å²) in [7, 11) is 1.46. The fourth-order valence-corrected chi connectivity index (χ4v) is 4.24. The van der Waals surface area contributed by atoms with E-state index in [1.807, 2.05) is 11.8 Å². The van der Waals surface area contributed by atoms with Gasteiger partial charge in [0.25, 0.3) is 0 Å². The molecule has 0 spiro atoms. The monoisotopic (exact) mass is 374 g/mol. The summed E-state index contributed by atoms with van der Waals surface area (Å²) in [5.74, 6) is 0.787. The number of rotatable bonds is 19. The van der Waals surface area contributed by atoms with Gasteiger partial charge in [-0.25, -0.2) is 0 Å². The van der Waals surface area contributed by atoms with Crippen LogP contribution in [0.15, 0.2) is 0 Å². The first-order valence-electron chi connectivity index (χ1n) is 10.5. The van der Waals surface area contributed by atoms with Crippen molar-refractivity contribution in [2.24, 2.45) is 0 Å². The van der Waals surface area contributed by atoms with E-state index in [1.165, 1.54) is 84.2 Å². The van der Waals surface area contributed by atoms with Gasteiger partial charge in [0.15, 0.2) is 0 Å². The molecule has 1 unspecified atom stereocenters. The Balaban J connectivity index is 3.61. The minimum atomic E-state index is -0.0878. The van der Waals surface area contributed by atoms with E-state index in [0.717, 1.165) is 23.8 Å². The molecule has 0 aliphatic rings. The topological polar surface area (TPSA) is 46.5 Å². The van der Waals surface area contributed by atoms with Gasteiger partial charge < -0.3 is 9.84 Å². The molecule has 0 aromatic carbocycles. The first-order chi connectivity index (χ1) is 12.2. The number of unbranched alkanes of at least 4 members (excludes halogenated alkanes) is 10. The lowest BCUT2D eigenvalue weighted by atomic mass is 10.0. The highest BCUT2D eigenvalue weighted by atomic mass is 32.2. The fourth-order valence-electron chi connectivity index (χ4n) is 3.13. The van der Waals surface area contributed by atoms with E-state index in [1.54, 1.807) is 0 Å². The Labute approximate surface area is 160 Å². The van der Waals surface area contributed by atoms with Crippen LogP contribution in [0.25, 0.3) is 0 Å². The third kappa shape index (κ3) is 18.4. The van der Waals surface area contributed by atoms with Crippen molar-refractivity contribution >= 4 is 17.7 Å². The number of thioether (sulfide) groups is 1. The van der Waals surface area contributed by atoms with Crippen LogP contribution in [-0.4, -0.2) is 35.8 Å². The molecular formula is C21H42O3S. The second-order valence-corrected chi connectivity index (χ2v) is 8.42. The Morgan fingerprint density at radius 2 is 1.40 bits per heavy atom. The van der Waals surface area contributed by atoms with Crippen LogP contribution >= 0.6 is 11.8 Å². The number of aliphatic hydroxyl groups excluding tert-OH is 1. The molecule has 0 heterocycles. The second-order valence-electron chi connectivity index (χ2n) is 7.01. The van der Waals surface area contributed by atoms with Gasteiger partial charge in [0.2, 0.25) is 0 Å². The Morgan fingerprint density at radius 3 is 1.92 bits per heavy atom. The number of carbonyl (C=O) groups excluding carboxylic acids is 1. The van der Waals surface area contributed by atoms with Crippen LogP contribution in [0, 0.1) is 0 Å². The maximum atomic E-state index is 11.0. The molecule has 1 N–H and O–H groups in total. The zero-order valence-electron chi connectivity index (χ0n) is 16.8. The van der Waals surface area contributed by atoms with E-state index in [2.05, 4.69) is 11.7 Å². The average Bonchev–Trinajstić information content (AvgIpc) is 2.63. The standard InChI is InChI=1S/C21H42O3S/c1-3-4-5-6-7-9-12-15-20(25-19-18-22)16-13-10-8-11-14-17-21(23)24-2/h20,22H,3-19H2,1-2H3. The molecule has 3 nitrogen and oxygen atoms in total. The summed E-state index contributed by atoms with van der Waals surface area (Å²) in [6.45, 7) is 2.56. The van der Waals surface area contributed by atoms with E-state index >= 15 is 0 Å². The van der Waals surface area contributed by atoms with Gasteiger partial charge in [-0.3, -0.25) is 4.79 Å². The molecule has 0 amide bonds. The van der Waals surface area contributed by atoms with E-state index in [9.17, 15) is 4.79 Å². The number of ether oxygens (including phenoxy) is 1. The molecule has 0 radical (unpaired) electrons. The van der Waals surface area contributed by atoms with E-state index in [-0.39, 0.29) is 5.97 Å². The Hall–Kier alpha value is -0.220. The molecule has 0 aliphatic heterocycles. The quantitative estimate of drug-likeness (QED) is 0.218. The van der Waals surface area contributed by atoms with Crippen molar-refractivity contribution in [1.82, 2.24) is 0 Å². The van der Waals surface area contributed by atoms with Crippen molar-refractivity contribution in [1.29, 1.82) is 0 Å². The Kier molecular flexibility index (Phi) is 19.9. The van der Waals surface area contributed by atoms with Crippen LogP contribution in [-0.2, 0) is 9.53 Å². The largest absolute Gasteiger partial charge is 0.469 e. The van der Waals surface area contributed by atoms with Gasteiger partial charge in [0, 0.05) is 17.4 Å². The molecule has 4 heteroatoms. The number of aliphatic hydroxyl groups is 1. The third-order valence-corrected chi connectivity index (χ3v) is 6.07. The molecule has 0 bridgehead atoms. The number of carbonyl (C=O) groups is 1. The number of methoxy groups -OCH3 is 1. The lowest BCUT2D eigenvalue weighted by molar-refractivity contribution is -0.140. The predicted molar refractivity (Wildman–Crippen MR) is 110 cm³/mol. The molecule has 25 heavy (non-hydrogen) atoms. The molecule has 150 valence electrons. The first-order valence-corrected chi connectivity index (χ1v) is 11.6. The summed E-state index contributed by atoms with van der Waals surface area (Å²) in [6, 6.07) is 0. The minimum Gasteiger partial charge on any atom is -0.469 e. The number of hydrogen-bond acceptors (Lipinski definition) is 4. The van der Waals surface area contributed by atoms with Crippen molar-refractivity contribution in [3.05, 3.63) is 0 Å². The lowest BCUT2D eigenvalue weighted by Crippen LogP contribution is -2.05. The van der Waals surface area contributed by atoms with Crippen molar-refractivity contribution in [3.8, 4) is 0 Å². The molecule has 0 fully saturated rings. The van der Waals surface area contributed by atoms with Crippen LogP contribution in [0.1, 0.15) is 103 Å². The van der Waals surface area contributed by atoms with Crippen molar-refractivity contribution < 1.29 is 14.6 Å². The highest BCUT2D eigenvalue weighted by Gasteiger charge is 2.09. The minimum absolute atomic E-state index is 0.0878. The van der Waals surface area contributed by atoms with Gasteiger partial charge in [-0.2, -0.15) is 11.8 Å². The van der Waals surface area contributed by atoms with Gasteiger partial charge in [0.1, 0.15) is 0 Å². The molecule has 0 aromatic rings. The van der Waals surface area contributed by atoms with Gasteiger partial charge in [-0.05, 0) is 19.3 Å². The normalized spacial score (nSPS) is 12.3. The fraction of sp³-hybridized carbons (Fsp3) is 0.952. The van der Waals surface area contributed by atoms with E-state index in [4.69, 9.17) is 5.11 Å². The molecule has 0 aliphatic carbocycles. The van der Waals surface area contributed by atoms with E-state index < -0.39 is 0 Å². The smallest absolute Gasteiger partial charge is 0.305 e. The second kappa shape index (κ2) is 20.1. The van der Waals surface area contributed by atoms with Crippen molar-refractivity contribution in [3.63, 3.8) is 0 Å². The number of esters is 1. The average molecular weight is 375 g/mol. The lowest BCUT2D eigenvalue weighted by Gasteiger charge is -2.16. The first kappa shape index (κ1) is 24.8. The molecule has 0 aromatic heterocycles. The maximum absolute atomic E-state index is 11.0. The summed E-state index contributed by atoms with van der Waals surface area (Å²) in [5, 5.41) is 9.80. The highest BCUT2D eigenvalue weighted by molar-refractivity contribution is 7.99. The molecule has 1 atom stereocenters. The zero-order valence-corrected chi connectivity index (χ0v) is 17.6. The van der Waals surface area contributed by atoms with Gasteiger partial charge in [-0.15, -0.1) is 0 Å². The summed E-state index contributed by atoms with van der Waals surface area (Å²) in [5.41, 5.74) is 0. The van der Waals surface area contributed by atoms with Gasteiger partial charge in [0.05, 0.1) is 13.7 Å². The summed E-state index contributed by atoms with van der Waals surface area (Å²) in [4.78, 5) is 11.0. The van der Waals surface area contributed by atoms with Crippen LogP contribution < -0.4 is 0 Å². The van der Waals surface area contributed by atoms with Crippen LogP contribution in [0.3, 0.4) is 0 Å². The van der Waals surface area contributed by atoms with Gasteiger partial charge in [-0.1, -0.05) is 77.6 Å². The van der Waals surface area contributed by atoms with Crippen molar-refractivity contribution in [2.45, 2.75) is 108 Å². The summed E-state index contributed by atoms with van der Waals surface area (Å²) >= 11 is 1.96. The summed E-state index contributed by atoms with van der Waals surface area (Å²) < 4.78 is 4.66. The highest BCUT2D eigenvalue weighted by Crippen LogP contribution is 2.24. The summed E-state index contributed by atoms with van der Waals surface area (Å²) in [6.07, 6.45) is 18.6. The molecule has 0 saturated carbocycles. The molecule has 0 saturated heterocycles. The van der Waals surface area contributed by atoms with Crippen LogP contribution in [0.4, 0.5) is 0 Å². The number of hydrogen-bond donors (Lipinski definition) is 1. The zero-order chi connectivity index (χ0) is 18.6. The Bertz CT molecular complexity index is 284.